The van der Waals surface area contributed by atoms with Crippen LogP contribution >= 0.6 is 0 Å². The number of fused-ring (bicyclic) bond motifs is 1. The zero-order chi connectivity index (χ0) is 16.2. The monoisotopic (exact) mass is 314 g/mol. The lowest BCUT2D eigenvalue weighted by Gasteiger charge is -2.00. The summed E-state index contributed by atoms with van der Waals surface area (Å²) < 4.78 is 10.3. The number of methoxy groups -OCH3 is 1. The Hall–Kier alpha value is -3.23. The van der Waals surface area contributed by atoms with Crippen LogP contribution in [0.5, 0.6) is 6.01 Å². The van der Waals surface area contributed by atoms with E-state index in [1.807, 2.05) is 6.92 Å². The Bertz CT molecular complexity index is 830. The molecule has 0 saturated heterocycles. The molecule has 0 fully saturated rings. The van der Waals surface area contributed by atoms with E-state index < -0.39 is 0 Å². The lowest BCUT2D eigenvalue weighted by molar-refractivity contribution is 0.252. The first-order valence-electron chi connectivity index (χ1n) is 6.87. The van der Waals surface area contributed by atoms with Gasteiger partial charge in [-0.2, -0.15) is 4.98 Å². The lowest BCUT2D eigenvalue weighted by Crippen LogP contribution is -2.28. The molecule has 9 heteroatoms. The fourth-order valence-electron chi connectivity index (χ4n) is 1.91. The molecule has 3 aromatic rings. The average Bonchev–Trinajstić information content (AvgIpc) is 2.96. The number of aromatic nitrogens is 4. The number of carbonyl (C=O) groups excluding carboxylic acids is 1. The zero-order valence-electron chi connectivity index (χ0n) is 12.5. The largest absolute Gasteiger partial charge is 0.467 e. The summed E-state index contributed by atoms with van der Waals surface area (Å²) in [5.41, 5.74) is 2.39. The van der Waals surface area contributed by atoms with Crippen molar-refractivity contribution in [3.8, 4) is 17.1 Å². The summed E-state index contributed by atoms with van der Waals surface area (Å²) >= 11 is 0. The summed E-state index contributed by atoms with van der Waals surface area (Å²) in [6, 6.07) is 1.77. The SMILES string of the molecule is CCNC(=O)Nc1nc2cc(-c3cnc(OC)nc3)cnc2o1. The van der Waals surface area contributed by atoms with Crippen molar-refractivity contribution in [3.05, 3.63) is 24.7 Å². The average molecular weight is 314 g/mol. The fraction of sp³-hybridized carbons (Fsp3) is 0.214. The van der Waals surface area contributed by atoms with Crippen molar-refractivity contribution in [1.82, 2.24) is 25.3 Å². The van der Waals surface area contributed by atoms with Gasteiger partial charge in [-0.05, 0) is 13.0 Å². The molecule has 2 amide bonds. The number of nitrogens with zero attached hydrogens (tertiary/aromatic N) is 4. The third-order valence-corrected chi connectivity index (χ3v) is 2.95. The maximum absolute atomic E-state index is 11.5. The molecule has 0 aliphatic rings. The standard InChI is InChI=1S/C14H14N6O3/c1-3-15-12(21)20-14-19-10-4-8(5-16-11(10)23-14)9-6-17-13(22-2)18-7-9/h4-7H,3H2,1-2H3,(H2,15,19,20,21). The molecule has 0 saturated carbocycles. The molecule has 0 unspecified atom stereocenters. The van der Waals surface area contributed by atoms with Crippen LogP contribution in [-0.2, 0) is 0 Å². The molecule has 23 heavy (non-hydrogen) atoms. The first kappa shape index (κ1) is 14.7. The number of hydrogen-bond acceptors (Lipinski definition) is 7. The van der Waals surface area contributed by atoms with Gasteiger partial charge in [0.25, 0.3) is 0 Å². The van der Waals surface area contributed by atoms with E-state index in [0.29, 0.717) is 17.8 Å². The van der Waals surface area contributed by atoms with Crippen LogP contribution in [0.25, 0.3) is 22.4 Å². The van der Waals surface area contributed by atoms with Crippen LogP contribution in [0, 0.1) is 0 Å². The minimum atomic E-state index is -0.386. The van der Waals surface area contributed by atoms with Gasteiger partial charge in [-0.25, -0.2) is 19.7 Å². The van der Waals surface area contributed by atoms with E-state index in [9.17, 15) is 4.79 Å². The minimum absolute atomic E-state index is 0.0848. The second-order valence-corrected chi connectivity index (χ2v) is 4.51. The Balaban J connectivity index is 1.87. The first-order chi connectivity index (χ1) is 11.2. The highest BCUT2D eigenvalue weighted by Crippen LogP contribution is 2.23. The van der Waals surface area contributed by atoms with Crippen molar-refractivity contribution in [3.63, 3.8) is 0 Å². The van der Waals surface area contributed by atoms with Crippen LogP contribution < -0.4 is 15.4 Å². The van der Waals surface area contributed by atoms with E-state index in [0.717, 1.165) is 11.1 Å². The summed E-state index contributed by atoms with van der Waals surface area (Å²) in [6.07, 6.45) is 4.87. The maximum Gasteiger partial charge on any atom is 0.322 e. The predicted molar refractivity (Wildman–Crippen MR) is 82.1 cm³/mol. The van der Waals surface area contributed by atoms with E-state index in [1.165, 1.54) is 7.11 Å². The third-order valence-electron chi connectivity index (χ3n) is 2.95. The molecule has 2 N–H and O–H groups in total. The molecule has 0 aliphatic heterocycles. The van der Waals surface area contributed by atoms with Crippen LogP contribution in [0.4, 0.5) is 10.8 Å². The molecule has 3 aromatic heterocycles. The summed E-state index contributed by atoms with van der Waals surface area (Å²) in [7, 11) is 1.50. The van der Waals surface area contributed by atoms with Gasteiger partial charge in [0.15, 0.2) is 0 Å². The number of anilines is 1. The van der Waals surface area contributed by atoms with Crippen LogP contribution in [-0.4, -0.2) is 39.6 Å². The van der Waals surface area contributed by atoms with Crippen LogP contribution in [0.3, 0.4) is 0 Å². The Labute approximate surface area is 131 Å². The number of oxazole rings is 1. The first-order valence-corrected chi connectivity index (χ1v) is 6.87. The van der Waals surface area contributed by atoms with Crippen molar-refractivity contribution in [2.24, 2.45) is 0 Å². The Morgan fingerprint density at radius 3 is 2.65 bits per heavy atom. The normalized spacial score (nSPS) is 10.5. The number of ether oxygens (including phenoxy) is 1. The molecule has 0 spiro atoms. The predicted octanol–water partition coefficient (Wildman–Crippen LogP) is 1.83. The van der Waals surface area contributed by atoms with E-state index in [4.69, 9.17) is 9.15 Å². The number of carbonyl (C=O) groups is 1. The molecule has 3 rings (SSSR count). The summed E-state index contributed by atoms with van der Waals surface area (Å²) in [4.78, 5) is 27.9. The molecular weight excluding hydrogens is 300 g/mol. The summed E-state index contributed by atoms with van der Waals surface area (Å²) in [6.45, 7) is 2.32. The van der Waals surface area contributed by atoms with Gasteiger partial charge in [-0.15, -0.1) is 0 Å². The van der Waals surface area contributed by atoms with Gasteiger partial charge in [0.1, 0.15) is 5.52 Å². The van der Waals surface area contributed by atoms with Gasteiger partial charge in [-0.3, -0.25) is 5.32 Å². The Morgan fingerprint density at radius 2 is 1.96 bits per heavy atom. The van der Waals surface area contributed by atoms with Gasteiger partial charge >= 0.3 is 18.1 Å². The zero-order valence-corrected chi connectivity index (χ0v) is 12.5. The lowest BCUT2D eigenvalue weighted by atomic mass is 10.1. The minimum Gasteiger partial charge on any atom is -0.467 e. The van der Waals surface area contributed by atoms with Gasteiger partial charge in [0.05, 0.1) is 7.11 Å². The van der Waals surface area contributed by atoms with Gasteiger partial charge in [-0.1, -0.05) is 0 Å². The molecular formula is C14H14N6O3. The van der Waals surface area contributed by atoms with Gasteiger partial charge < -0.3 is 14.5 Å². The third kappa shape index (κ3) is 3.18. The molecule has 0 radical (unpaired) electrons. The molecule has 9 nitrogen and oxygen atoms in total. The molecule has 0 aliphatic carbocycles. The maximum atomic E-state index is 11.5. The van der Waals surface area contributed by atoms with Gasteiger partial charge in [0.2, 0.25) is 5.71 Å². The van der Waals surface area contributed by atoms with Crippen LogP contribution in [0.15, 0.2) is 29.1 Å². The van der Waals surface area contributed by atoms with Crippen molar-refractivity contribution in [1.29, 1.82) is 0 Å². The van der Waals surface area contributed by atoms with Crippen molar-refractivity contribution in [2.45, 2.75) is 6.92 Å². The fourth-order valence-corrected chi connectivity index (χ4v) is 1.91. The summed E-state index contributed by atoms with van der Waals surface area (Å²) in [5, 5.41) is 5.09. The molecule has 3 heterocycles. The smallest absolute Gasteiger partial charge is 0.322 e. The Morgan fingerprint density at radius 1 is 1.22 bits per heavy atom. The van der Waals surface area contributed by atoms with Crippen LogP contribution in [0.1, 0.15) is 6.92 Å². The topological polar surface area (TPSA) is 115 Å². The second-order valence-electron chi connectivity index (χ2n) is 4.51. The number of rotatable bonds is 4. The number of amides is 2. The molecule has 0 atom stereocenters. The van der Waals surface area contributed by atoms with Gasteiger partial charge in [0, 0.05) is 36.3 Å². The van der Waals surface area contributed by atoms with E-state index in [-0.39, 0.29) is 18.1 Å². The molecule has 0 aromatic carbocycles. The van der Waals surface area contributed by atoms with Crippen LogP contribution in [0.2, 0.25) is 0 Å². The number of urea groups is 1. The Kier molecular flexibility index (Phi) is 4.00. The molecule has 0 bridgehead atoms. The highest BCUT2D eigenvalue weighted by molar-refractivity contribution is 5.88. The number of hydrogen-bond donors (Lipinski definition) is 2. The quantitative estimate of drug-likeness (QED) is 0.754. The van der Waals surface area contributed by atoms with Crippen molar-refractivity contribution in [2.75, 3.05) is 19.0 Å². The van der Waals surface area contributed by atoms with Crippen molar-refractivity contribution >= 4 is 23.3 Å². The second kappa shape index (κ2) is 6.26. The van der Waals surface area contributed by atoms with E-state index >= 15 is 0 Å². The number of pyridine rings is 1. The highest BCUT2D eigenvalue weighted by Gasteiger charge is 2.11. The van der Waals surface area contributed by atoms with Crippen molar-refractivity contribution < 1.29 is 13.9 Å². The molecule has 118 valence electrons. The highest BCUT2D eigenvalue weighted by atomic mass is 16.5. The number of nitrogens with one attached hydrogen (secondary N) is 2. The van der Waals surface area contributed by atoms with E-state index in [1.54, 1.807) is 24.7 Å². The summed E-state index contributed by atoms with van der Waals surface area (Å²) in [5.74, 6) is 0. The van der Waals surface area contributed by atoms with E-state index in [2.05, 4.69) is 30.6 Å².